The van der Waals surface area contributed by atoms with E-state index in [0.29, 0.717) is 15.7 Å². The first-order valence-corrected chi connectivity index (χ1v) is 4.07. The van der Waals surface area contributed by atoms with Gasteiger partial charge in [0.05, 0.1) is 15.4 Å². The lowest BCUT2D eigenvalue weighted by Crippen LogP contribution is -1.85. The van der Waals surface area contributed by atoms with Gasteiger partial charge in [0.2, 0.25) is 0 Å². The van der Waals surface area contributed by atoms with Crippen molar-refractivity contribution in [2.75, 3.05) is 5.73 Å². The van der Waals surface area contributed by atoms with Crippen molar-refractivity contribution in [3.63, 3.8) is 0 Å². The van der Waals surface area contributed by atoms with Gasteiger partial charge in [0.25, 0.3) is 0 Å². The average Bonchev–Trinajstić information content (AvgIpc) is 2.41. The average molecular weight is 230 g/mol. The molecule has 0 aliphatic heterocycles. The van der Waals surface area contributed by atoms with Crippen LogP contribution in [0.15, 0.2) is 16.6 Å². The summed E-state index contributed by atoms with van der Waals surface area (Å²) >= 11 is 3.10. The summed E-state index contributed by atoms with van der Waals surface area (Å²) in [6, 6.07) is 2.95. The fourth-order valence-corrected chi connectivity index (χ4v) is 1.62. The van der Waals surface area contributed by atoms with Crippen LogP contribution in [0.5, 0.6) is 0 Å². The number of rotatable bonds is 0. The summed E-state index contributed by atoms with van der Waals surface area (Å²) in [4.78, 5) is 0. The van der Waals surface area contributed by atoms with E-state index in [1.165, 1.54) is 6.07 Å². The summed E-state index contributed by atoms with van der Waals surface area (Å²) in [5.74, 6) is -0.0352. The van der Waals surface area contributed by atoms with E-state index in [1.807, 2.05) is 0 Å². The normalized spacial score (nSPS) is 10.8. The number of aromatic amines is 1. The number of benzene rings is 1. The fourth-order valence-electron chi connectivity index (χ4n) is 1.07. The van der Waals surface area contributed by atoms with Crippen molar-refractivity contribution in [3.8, 4) is 0 Å². The van der Waals surface area contributed by atoms with Crippen molar-refractivity contribution in [3.05, 3.63) is 22.4 Å². The maximum atomic E-state index is 13.0. The van der Waals surface area contributed by atoms with Crippen LogP contribution in [0.1, 0.15) is 0 Å². The number of nitrogens with two attached hydrogens (primary N) is 1. The molecule has 1 aromatic heterocycles. The van der Waals surface area contributed by atoms with Crippen LogP contribution in [-0.4, -0.2) is 10.2 Å². The number of anilines is 1. The van der Waals surface area contributed by atoms with E-state index in [1.54, 1.807) is 6.07 Å². The third-order valence-corrected chi connectivity index (χ3v) is 2.42. The molecule has 2 aromatic rings. The lowest BCUT2D eigenvalue weighted by atomic mass is 10.2. The number of nitrogens with zero attached hydrogens (tertiary/aromatic N) is 1. The molecule has 0 aliphatic carbocycles. The van der Waals surface area contributed by atoms with Crippen LogP contribution in [-0.2, 0) is 0 Å². The predicted molar refractivity (Wildman–Crippen MR) is 48.2 cm³/mol. The molecule has 0 radical (unpaired) electrons. The number of hydrogen-bond acceptors (Lipinski definition) is 2. The first-order valence-electron chi connectivity index (χ1n) is 3.27. The van der Waals surface area contributed by atoms with E-state index >= 15 is 0 Å². The molecule has 2 rings (SSSR count). The molecular weight excluding hydrogens is 225 g/mol. The second-order valence-corrected chi connectivity index (χ2v) is 3.19. The number of nitrogen functional groups attached to an aromatic ring is 1. The SMILES string of the molecule is Nc1n[nH]c2ccc(F)c(Br)c12. The molecule has 0 spiro atoms. The second-order valence-electron chi connectivity index (χ2n) is 2.39. The molecule has 5 heteroatoms. The van der Waals surface area contributed by atoms with Gasteiger partial charge in [0.1, 0.15) is 5.82 Å². The van der Waals surface area contributed by atoms with Gasteiger partial charge in [0, 0.05) is 0 Å². The first kappa shape index (κ1) is 7.54. The van der Waals surface area contributed by atoms with Crippen LogP contribution < -0.4 is 5.73 Å². The van der Waals surface area contributed by atoms with E-state index in [0.717, 1.165) is 5.52 Å². The van der Waals surface area contributed by atoms with E-state index in [-0.39, 0.29) is 5.82 Å². The van der Waals surface area contributed by atoms with Gasteiger partial charge >= 0.3 is 0 Å². The zero-order valence-corrected chi connectivity index (χ0v) is 7.52. The molecule has 12 heavy (non-hydrogen) atoms. The van der Waals surface area contributed by atoms with Crippen molar-refractivity contribution in [2.45, 2.75) is 0 Å². The van der Waals surface area contributed by atoms with Gasteiger partial charge in [-0.2, -0.15) is 5.10 Å². The zero-order chi connectivity index (χ0) is 8.72. The van der Waals surface area contributed by atoms with Crippen LogP contribution in [0.25, 0.3) is 10.9 Å². The lowest BCUT2D eigenvalue weighted by molar-refractivity contribution is 0.623. The predicted octanol–water partition coefficient (Wildman–Crippen LogP) is 2.05. The van der Waals surface area contributed by atoms with Gasteiger partial charge in [-0.25, -0.2) is 4.39 Å². The molecule has 1 aromatic carbocycles. The van der Waals surface area contributed by atoms with E-state index in [4.69, 9.17) is 5.73 Å². The number of nitrogens with one attached hydrogen (secondary N) is 1. The Bertz CT molecular complexity index is 437. The summed E-state index contributed by atoms with van der Waals surface area (Å²) in [6.07, 6.45) is 0. The minimum Gasteiger partial charge on any atom is -0.382 e. The highest BCUT2D eigenvalue weighted by Crippen LogP contribution is 2.29. The topological polar surface area (TPSA) is 54.7 Å². The van der Waals surface area contributed by atoms with E-state index in [2.05, 4.69) is 26.1 Å². The van der Waals surface area contributed by atoms with Crippen LogP contribution in [0.2, 0.25) is 0 Å². The highest BCUT2D eigenvalue weighted by Gasteiger charge is 2.09. The Morgan fingerprint density at radius 3 is 3.00 bits per heavy atom. The molecule has 3 N–H and O–H groups in total. The van der Waals surface area contributed by atoms with Gasteiger partial charge in [0.15, 0.2) is 5.82 Å². The van der Waals surface area contributed by atoms with E-state index < -0.39 is 0 Å². The first-order chi connectivity index (χ1) is 5.70. The van der Waals surface area contributed by atoms with Gasteiger partial charge in [-0.15, -0.1) is 0 Å². The molecule has 0 amide bonds. The summed E-state index contributed by atoms with van der Waals surface area (Å²) in [5, 5.41) is 7.03. The quantitative estimate of drug-likeness (QED) is 0.727. The van der Waals surface area contributed by atoms with Crippen LogP contribution in [0, 0.1) is 5.82 Å². The highest BCUT2D eigenvalue weighted by atomic mass is 79.9. The smallest absolute Gasteiger partial charge is 0.154 e. The Morgan fingerprint density at radius 1 is 1.50 bits per heavy atom. The highest BCUT2D eigenvalue weighted by molar-refractivity contribution is 9.10. The molecule has 0 unspecified atom stereocenters. The molecule has 3 nitrogen and oxygen atoms in total. The number of hydrogen-bond donors (Lipinski definition) is 2. The van der Waals surface area contributed by atoms with Crippen LogP contribution in [0.4, 0.5) is 10.2 Å². The number of aromatic nitrogens is 2. The van der Waals surface area contributed by atoms with Crippen molar-refractivity contribution in [1.82, 2.24) is 10.2 Å². The zero-order valence-electron chi connectivity index (χ0n) is 5.94. The van der Waals surface area contributed by atoms with E-state index in [9.17, 15) is 4.39 Å². The van der Waals surface area contributed by atoms with Crippen LogP contribution >= 0.6 is 15.9 Å². The van der Waals surface area contributed by atoms with Crippen molar-refractivity contribution in [2.24, 2.45) is 0 Å². The fraction of sp³-hybridized carbons (Fsp3) is 0. The summed E-state index contributed by atoms with van der Waals surface area (Å²) in [6.45, 7) is 0. The number of H-pyrrole nitrogens is 1. The van der Waals surface area contributed by atoms with Gasteiger partial charge in [-0.3, -0.25) is 5.10 Å². The Labute approximate surface area is 75.9 Å². The third kappa shape index (κ3) is 0.896. The summed E-state index contributed by atoms with van der Waals surface area (Å²) in [7, 11) is 0. The summed E-state index contributed by atoms with van der Waals surface area (Å²) < 4.78 is 13.3. The Hall–Kier alpha value is -1.10. The maximum Gasteiger partial charge on any atom is 0.154 e. The Balaban J connectivity index is 2.96. The number of fused-ring (bicyclic) bond motifs is 1. The van der Waals surface area contributed by atoms with Crippen molar-refractivity contribution < 1.29 is 4.39 Å². The number of halogens is 2. The monoisotopic (exact) mass is 229 g/mol. The standard InChI is InChI=1S/C7H5BrFN3/c8-6-3(9)1-2-4-5(6)7(10)12-11-4/h1-2H,(H3,10,11,12). The third-order valence-electron chi connectivity index (χ3n) is 1.65. The molecular formula is C7H5BrFN3. The molecule has 0 atom stereocenters. The molecule has 62 valence electrons. The second kappa shape index (κ2) is 2.45. The van der Waals surface area contributed by atoms with Gasteiger partial charge < -0.3 is 5.73 Å². The minimum absolute atomic E-state index is 0.302. The summed E-state index contributed by atoms with van der Waals surface area (Å²) in [5.41, 5.74) is 6.23. The molecule has 0 bridgehead atoms. The Kier molecular flexibility index (Phi) is 1.54. The van der Waals surface area contributed by atoms with Crippen LogP contribution in [0.3, 0.4) is 0 Å². The molecule has 0 aliphatic rings. The molecule has 0 saturated carbocycles. The van der Waals surface area contributed by atoms with Crippen molar-refractivity contribution >= 4 is 32.7 Å². The molecule has 0 fully saturated rings. The van der Waals surface area contributed by atoms with Crippen molar-refractivity contribution in [1.29, 1.82) is 0 Å². The minimum atomic E-state index is -0.337. The largest absolute Gasteiger partial charge is 0.382 e. The molecule has 1 heterocycles. The molecule has 0 saturated heterocycles. The van der Waals surface area contributed by atoms with Gasteiger partial charge in [-0.05, 0) is 28.1 Å². The maximum absolute atomic E-state index is 13.0. The Morgan fingerprint density at radius 2 is 2.25 bits per heavy atom. The lowest BCUT2D eigenvalue weighted by Gasteiger charge is -1.95. The van der Waals surface area contributed by atoms with Gasteiger partial charge in [-0.1, -0.05) is 0 Å².